The van der Waals surface area contributed by atoms with E-state index in [1.807, 2.05) is 6.92 Å². The lowest BCUT2D eigenvalue weighted by atomic mass is 10.1. The smallest absolute Gasteiger partial charge is 0.387 e. The largest absolute Gasteiger partial charge is 0.435 e. The van der Waals surface area contributed by atoms with E-state index in [1.165, 1.54) is 0 Å². The molecule has 0 aromatic heterocycles. The van der Waals surface area contributed by atoms with Crippen molar-refractivity contribution in [1.82, 2.24) is 6.15 Å². The zero-order valence-corrected chi connectivity index (χ0v) is 7.68. The molecule has 1 rings (SSSR count). The van der Waals surface area contributed by atoms with Crippen LogP contribution in [0.15, 0.2) is 18.2 Å². The SMILES string of the molecule is Cc1ccc(OC(F)F)c(C)c1.N. The molecule has 3 N–H and O–H groups in total. The second kappa shape index (κ2) is 4.77. The maximum atomic E-state index is 11.8. The van der Waals surface area contributed by atoms with E-state index in [9.17, 15) is 8.78 Å². The summed E-state index contributed by atoms with van der Waals surface area (Å²) in [5.74, 6) is 0.246. The van der Waals surface area contributed by atoms with Crippen molar-refractivity contribution in [2.45, 2.75) is 20.5 Å². The molecule has 1 aromatic carbocycles. The predicted molar refractivity (Wildman–Crippen MR) is 47.6 cm³/mol. The summed E-state index contributed by atoms with van der Waals surface area (Å²) in [6.07, 6.45) is 0. The van der Waals surface area contributed by atoms with Crippen LogP contribution in [0.5, 0.6) is 5.75 Å². The first-order valence-corrected chi connectivity index (χ1v) is 3.61. The predicted octanol–water partition coefficient (Wildman–Crippen LogP) is 3.07. The Morgan fingerprint density at radius 3 is 2.31 bits per heavy atom. The van der Waals surface area contributed by atoms with Gasteiger partial charge >= 0.3 is 6.61 Å². The summed E-state index contributed by atoms with van der Waals surface area (Å²) in [5.41, 5.74) is 1.77. The summed E-state index contributed by atoms with van der Waals surface area (Å²) in [6, 6.07) is 5.10. The summed E-state index contributed by atoms with van der Waals surface area (Å²) in [7, 11) is 0. The Balaban J connectivity index is 0.00000144. The second-order valence-electron chi connectivity index (χ2n) is 2.65. The van der Waals surface area contributed by atoms with Crippen molar-refractivity contribution in [2.75, 3.05) is 0 Å². The van der Waals surface area contributed by atoms with Crippen LogP contribution < -0.4 is 10.9 Å². The molecule has 0 saturated carbocycles. The molecule has 2 nitrogen and oxygen atoms in total. The molecule has 74 valence electrons. The molecule has 0 saturated heterocycles. The maximum absolute atomic E-state index is 11.8. The van der Waals surface area contributed by atoms with Crippen LogP contribution in [0.25, 0.3) is 0 Å². The van der Waals surface area contributed by atoms with Gasteiger partial charge in [0.05, 0.1) is 0 Å². The Morgan fingerprint density at radius 2 is 1.85 bits per heavy atom. The fourth-order valence-electron chi connectivity index (χ4n) is 1.03. The van der Waals surface area contributed by atoms with Gasteiger partial charge < -0.3 is 10.9 Å². The van der Waals surface area contributed by atoms with Gasteiger partial charge in [0, 0.05) is 0 Å². The van der Waals surface area contributed by atoms with Gasteiger partial charge in [-0.2, -0.15) is 8.78 Å². The Labute approximate surface area is 76.1 Å². The molecule has 0 bridgehead atoms. The van der Waals surface area contributed by atoms with Gasteiger partial charge in [-0.15, -0.1) is 0 Å². The van der Waals surface area contributed by atoms with E-state index in [2.05, 4.69) is 4.74 Å². The van der Waals surface area contributed by atoms with E-state index in [0.717, 1.165) is 11.1 Å². The second-order valence-corrected chi connectivity index (χ2v) is 2.65. The summed E-state index contributed by atoms with van der Waals surface area (Å²) in [6.45, 7) is 0.899. The van der Waals surface area contributed by atoms with Crippen LogP contribution in [-0.2, 0) is 0 Å². The van der Waals surface area contributed by atoms with Crippen LogP contribution in [0, 0.1) is 13.8 Å². The number of rotatable bonds is 2. The van der Waals surface area contributed by atoms with Crippen LogP contribution in [0.2, 0.25) is 0 Å². The van der Waals surface area contributed by atoms with Gasteiger partial charge in [0.25, 0.3) is 0 Å². The third kappa shape index (κ3) is 3.38. The van der Waals surface area contributed by atoms with Gasteiger partial charge in [0.15, 0.2) is 0 Å². The first-order chi connectivity index (χ1) is 5.59. The molecule has 0 spiro atoms. The van der Waals surface area contributed by atoms with Crippen LogP contribution in [0.3, 0.4) is 0 Å². The van der Waals surface area contributed by atoms with Gasteiger partial charge in [0.1, 0.15) is 5.75 Å². The van der Waals surface area contributed by atoms with Crippen molar-refractivity contribution in [1.29, 1.82) is 0 Å². The first-order valence-electron chi connectivity index (χ1n) is 3.61. The molecule has 0 radical (unpaired) electrons. The topological polar surface area (TPSA) is 44.2 Å². The monoisotopic (exact) mass is 189 g/mol. The molecule has 1 aromatic rings. The summed E-state index contributed by atoms with van der Waals surface area (Å²) in [4.78, 5) is 0. The maximum Gasteiger partial charge on any atom is 0.387 e. The minimum Gasteiger partial charge on any atom is -0.435 e. The lowest BCUT2D eigenvalue weighted by Crippen LogP contribution is -2.03. The third-order valence-corrected chi connectivity index (χ3v) is 1.55. The number of aryl methyl sites for hydroxylation is 2. The molecule has 0 aliphatic heterocycles. The molecule has 0 unspecified atom stereocenters. The zero-order valence-electron chi connectivity index (χ0n) is 7.68. The van der Waals surface area contributed by atoms with Gasteiger partial charge in [-0.25, -0.2) is 0 Å². The molecule has 0 fully saturated rings. The Hall–Kier alpha value is -1.16. The lowest BCUT2D eigenvalue weighted by Gasteiger charge is -2.07. The average molecular weight is 189 g/mol. The minimum absolute atomic E-state index is 0. The molecule has 4 heteroatoms. The highest BCUT2D eigenvalue weighted by Gasteiger charge is 2.05. The van der Waals surface area contributed by atoms with Crippen molar-refractivity contribution in [3.63, 3.8) is 0 Å². The van der Waals surface area contributed by atoms with E-state index in [-0.39, 0.29) is 11.9 Å². The Bertz CT molecular complexity index is 276. The molecule has 0 aliphatic rings. The number of alkyl halides is 2. The van der Waals surface area contributed by atoms with Crippen molar-refractivity contribution >= 4 is 0 Å². The zero-order chi connectivity index (χ0) is 9.14. The van der Waals surface area contributed by atoms with E-state index in [0.29, 0.717) is 0 Å². The lowest BCUT2D eigenvalue weighted by molar-refractivity contribution is -0.0503. The summed E-state index contributed by atoms with van der Waals surface area (Å²) in [5, 5.41) is 0. The Morgan fingerprint density at radius 1 is 1.23 bits per heavy atom. The molecule has 0 amide bonds. The highest BCUT2D eigenvalue weighted by atomic mass is 19.3. The van der Waals surface area contributed by atoms with E-state index in [4.69, 9.17) is 0 Å². The van der Waals surface area contributed by atoms with Crippen LogP contribution in [-0.4, -0.2) is 6.61 Å². The number of halogens is 2. The van der Waals surface area contributed by atoms with Gasteiger partial charge in [-0.05, 0) is 25.5 Å². The van der Waals surface area contributed by atoms with E-state index in [1.54, 1.807) is 25.1 Å². The number of hydrogen-bond acceptors (Lipinski definition) is 2. The van der Waals surface area contributed by atoms with Gasteiger partial charge in [-0.3, -0.25) is 0 Å². The van der Waals surface area contributed by atoms with E-state index < -0.39 is 6.61 Å². The molecule has 13 heavy (non-hydrogen) atoms. The van der Waals surface area contributed by atoms with Crippen molar-refractivity contribution in [3.8, 4) is 5.75 Å². The molecule has 0 heterocycles. The van der Waals surface area contributed by atoms with Gasteiger partial charge in [-0.1, -0.05) is 17.7 Å². The third-order valence-electron chi connectivity index (χ3n) is 1.55. The minimum atomic E-state index is -2.74. The normalized spacial score (nSPS) is 9.62. The molecule has 0 atom stereocenters. The number of benzene rings is 1. The van der Waals surface area contributed by atoms with Crippen LogP contribution in [0.4, 0.5) is 8.78 Å². The summed E-state index contributed by atoms with van der Waals surface area (Å²) >= 11 is 0. The van der Waals surface area contributed by atoms with Crippen molar-refractivity contribution < 1.29 is 13.5 Å². The average Bonchev–Trinajstić information content (AvgIpc) is 1.94. The van der Waals surface area contributed by atoms with Crippen LogP contribution >= 0.6 is 0 Å². The van der Waals surface area contributed by atoms with Gasteiger partial charge in [0.2, 0.25) is 0 Å². The van der Waals surface area contributed by atoms with Crippen LogP contribution in [0.1, 0.15) is 11.1 Å². The molecular formula is C9H13F2NO. The van der Waals surface area contributed by atoms with Crippen molar-refractivity contribution in [3.05, 3.63) is 29.3 Å². The summed E-state index contributed by atoms with van der Waals surface area (Å²) < 4.78 is 27.8. The highest BCUT2D eigenvalue weighted by molar-refractivity contribution is 5.35. The van der Waals surface area contributed by atoms with E-state index >= 15 is 0 Å². The fourth-order valence-corrected chi connectivity index (χ4v) is 1.03. The highest BCUT2D eigenvalue weighted by Crippen LogP contribution is 2.20. The fraction of sp³-hybridized carbons (Fsp3) is 0.333. The Kier molecular flexibility index (Phi) is 4.34. The molecular weight excluding hydrogens is 176 g/mol. The number of ether oxygens (including phenoxy) is 1. The number of hydrogen-bond donors (Lipinski definition) is 1. The molecule has 0 aliphatic carbocycles. The standard InChI is InChI=1S/C9H10F2O.H3N/c1-6-3-4-8(7(2)5-6)12-9(10)11;/h3-5,9H,1-2H3;1H3. The quantitative estimate of drug-likeness (QED) is 0.776. The van der Waals surface area contributed by atoms with Crippen molar-refractivity contribution in [2.24, 2.45) is 0 Å². The first kappa shape index (κ1) is 11.8.